The molecule has 0 unspecified atom stereocenters. The van der Waals surface area contributed by atoms with Crippen molar-refractivity contribution in [3.05, 3.63) is 30.1 Å². The first-order chi connectivity index (χ1) is 10.2. The minimum atomic E-state index is 0.672. The summed E-state index contributed by atoms with van der Waals surface area (Å²) in [6.45, 7) is 6.20. The molecular formula is C13H20Br2CuN4S. The summed E-state index contributed by atoms with van der Waals surface area (Å²) in [7, 11) is 0. The standard InChI is InChI=1S/C13H20N4S.2BrH.Cu/c1-3-9-17(10-4-2)13(18)16-15-11-12-7-5-6-8-14-12;;;/h5-8,11H,3-4,9-10H2,1-2H3,(H,16,18);2*1H;/q;;;+2/p-2. The van der Waals surface area contributed by atoms with Crippen LogP contribution < -0.4 is 5.43 Å². The van der Waals surface area contributed by atoms with Gasteiger partial charge in [-0.15, -0.1) is 0 Å². The molecule has 0 radical (unpaired) electrons. The Morgan fingerprint density at radius 1 is 1.38 bits per heavy atom. The zero-order valence-electron chi connectivity index (χ0n) is 12.0. The Morgan fingerprint density at radius 3 is 2.48 bits per heavy atom. The van der Waals surface area contributed by atoms with Crippen LogP contribution in [0.4, 0.5) is 0 Å². The van der Waals surface area contributed by atoms with Gasteiger partial charge >= 0.3 is 39.6 Å². The van der Waals surface area contributed by atoms with Gasteiger partial charge in [-0.3, -0.25) is 10.4 Å². The predicted octanol–water partition coefficient (Wildman–Crippen LogP) is 4.10. The maximum atomic E-state index is 5.30. The van der Waals surface area contributed by atoms with Gasteiger partial charge in [-0.05, 0) is 37.2 Å². The zero-order valence-corrected chi connectivity index (χ0v) is 17.0. The van der Waals surface area contributed by atoms with Crippen molar-refractivity contribution >= 4 is 51.8 Å². The Labute approximate surface area is 152 Å². The molecule has 0 spiro atoms. The zero-order chi connectivity index (χ0) is 15.9. The van der Waals surface area contributed by atoms with Crippen molar-refractivity contribution in [3.63, 3.8) is 0 Å². The number of hydrogen-bond acceptors (Lipinski definition) is 3. The van der Waals surface area contributed by atoms with Crippen LogP contribution in [0, 0.1) is 0 Å². The molecular weight excluding hydrogens is 468 g/mol. The molecule has 123 valence electrons. The molecule has 0 aliphatic carbocycles. The van der Waals surface area contributed by atoms with Gasteiger partial charge in [0.05, 0.1) is 11.9 Å². The Hall–Kier alpha value is -0.0105. The van der Waals surface area contributed by atoms with Gasteiger partial charge in [0, 0.05) is 19.3 Å². The number of nitrogens with zero attached hydrogens (tertiary/aromatic N) is 3. The van der Waals surface area contributed by atoms with E-state index in [-0.39, 0.29) is 0 Å². The number of halogens is 2. The Balaban J connectivity index is 0.00000122. The first-order valence-electron chi connectivity index (χ1n) is 6.49. The molecule has 1 aromatic heterocycles. The molecule has 0 saturated heterocycles. The van der Waals surface area contributed by atoms with Crippen LogP contribution in [0.25, 0.3) is 0 Å². The maximum absolute atomic E-state index is 5.30. The molecule has 0 aromatic carbocycles. The Kier molecular flexibility index (Phi) is 14.9. The second kappa shape index (κ2) is 14.9. The Morgan fingerprint density at radius 2 is 2.00 bits per heavy atom. The van der Waals surface area contributed by atoms with Crippen LogP contribution >= 0.6 is 40.4 Å². The second-order valence-electron chi connectivity index (χ2n) is 3.96. The number of nitrogens with one attached hydrogen (secondary N) is 1. The summed E-state index contributed by atoms with van der Waals surface area (Å²) in [5, 5.41) is 4.78. The summed E-state index contributed by atoms with van der Waals surface area (Å²) in [5.41, 5.74) is 3.70. The van der Waals surface area contributed by atoms with Gasteiger partial charge in [0.1, 0.15) is 0 Å². The van der Waals surface area contributed by atoms with E-state index in [0.717, 1.165) is 31.6 Å². The van der Waals surface area contributed by atoms with E-state index in [0.29, 0.717) is 5.11 Å². The average Bonchev–Trinajstić information content (AvgIpc) is 2.49. The van der Waals surface area contributed by atoms with E-state index in [9.17, 15) is 0 Å². The molecule has 0 bridgehead atoms. The third kappa shape index (κ3) is 11.2. The van der Waals surface area contributed by atoms with Gasteiger partial charge < -0.3 is 4.90 Å². The van der Waals surface area contributed by atoms with Gasteiger partial charge in [0.25, 0.3) is 0 Å². The molecule has 1 rings (SSSR count). The quantitative estimate of drug-likeness (QED) is 0.284. The molecule has 0 fully saturated rings. The van der Waals surface area contributed by atoms with Crippen LogP contribution in [0.2, 0.25) is 0 Å². The van der Waals surface area contributed by atoms with Crippen LogP contribution in [-0.4, -0.2) is 34.3 Å². The second-order valence-corrected chi connectivity index (χ2v) is 9.10. The van der Waals surface area contributed by atoms with Gasteiger partial charge in [-0.1, -0.05) is 19.9 Å². The van der Waals surface area contributed by atoms with Crippen molar-refractivity contribution in [2.24, 2.45) is 5.10 Å². The SMILES string of the molecule is CCCN(CCC)C(=S)NN=Cc1ccccn1.[Br][Cu][Br]. The minimum absolute atomic E-state index is 0.672. The van der Waals surface area contributed by atoms with Gasteiger partial charge in [-0.25, -0.2) is 0 Å². The van der Waals surface area contributed by atoms with Crippen LogP contribution in [0.15, 0.2) is 29.5 Å². The number of pyridine rings is 1. The molecule has 1 aromatic rings. The van der Waals surface area contributed by atoms with Crippen molar-refractivity contribution in [3.8, 4) is 0 Å². The molecule has 0 aliphatic heterocycles. The summed E-state index contributed by atoms with van der Waals surface area (Å²) in [6.07, 6.45) is 5.56. The normalized spacial score (nSPS) is 10.1. The fourth-order valence-electron chi connectivity index (χ4n) is 1.53. The number of hydrazone groups is 1. The van der Waals surface area contributed by atoms with E-state index in [1.807, 2.05) is 18.2 Å². The van der Waals surface area contributed by atoms with Crippen molar-refractivity contribution in [2.45, 2.75) is 26.7 Å². The van der Waals surface area contributed by atoms with E-state index in [2.05, 4.69) is 62.5 Å². The number of rotatable bonds is 6. The van der Waals surface area contributed by atoms with Gasteiger partial charge in [0.15, 0.2) is 5.11 Å². The van der Waals surface area contributed by atoms with E-state index in [1.165, 1.54) is 11.3 Å². The van der Waals surface area contributed by atoms with Crippen LogP contribution in [0.5, 0.6) is 0 Å². The van der Waals surface area contributed by atoms with Crippen molar-refractivity contribution in [1.82, 2.24) is 15.3 Å². The molecule has 1 heterocycles. The molecule has 0 aliphatic rings. The van der Waals surface area contributed by atoms with E-state index in [4.69, 9.17) is 12.2 Å². The van der Waals surface area contributed by atoms with Crippen molar-refractivity contribution in [1.29, 1.82) is 0 Å². The monoisotopic (exact) mass is 485 g/mol. The number of thiocarbonyl (C=S) groups is 1. The van der Waals surface area contributed by atoms with E-state index in [1.54, 1.807) is 12.4 Å². The Bertz CT molecular complexity index is 400. The van der Waals surface area contributed by atoms with Crippen LogP contribution in [0.1, 0.15) is 32.4 Å². The van der Waals surface area contributed by atoms with E-state index >= 15 is 0 Å². The molecule has 1 N–H and O–H groups in total. The third-order valence-corrected chi connectivity index (χ3v) is 2.67. The predicted molar refractivity (Wildman–Crippen MR) is 97.6 cm³/mol. The summed E-state index contributed by atoms with van der Waals surface area (Å²) >= 11 is 12.7. The molecule has 4 nitrogen and oxygen atoms in total. The first-order valence-corrected chi connectivity index (χ1v) is 11.6. The summed E-state index contributed by atoms with van der Waals surface area (Å²) in [6, 6.07) is 5.69. The fraction of sp³-hybridized carbons (Fsp3) is 0.462. The van der Waals surface area contributed by atoms with Gasteiger partial charge in [-0.2, -0.15) is 5.10 Å². The molecule has 0 atom stereocenters. The average molecular weight is 488 g/mol. The summed E-state index contributed by atoms with van der Waals surface area (Å²) < 4.78 is 0. The first kappa shape index (κ1) is 21.0. The number of aromatic nitrogens is 1. The summed E-state index contributed by atoms with van der Waals surface area (Å²) in [4.78, 5) is 6.28. The van der Waals surface area contributed by atoms with Crippen molar-refractivity contribution in [2.75, 3.05) is 13.1 Å². The third-order valence-electron chi connectivity index (χ3n) is 2.32. The van der Waals surface area contributed by atoms with Gasteiger partial charge in [0.2, 0.25) is 0 Å². The van der Waals surface area contributed by atoms with E-state index < -0.39 is 0 Å². The van der Waals surface area contributed by atoms with Crippen LogP contribution in [-0.2, 0) is 11.3 Å². The molecule has 0 amide bonds. The van der Waals surface area contributed by atoms with Crippen LogP contribution in [0.3, 0.4) is 0 Å². The molecule has 8 heteroatoms. The molecule has 21 heavy (non-hydrogen) atoms. The topological polar surface area (TPSA) is 40.5 Å². The number of hydrogen-bond donors (Lipinski definition) is 1. The fourth-order valence-corrected chi connectivity index (χ4v) is 1.77. The molecule has 0 saturated carbocycles. The summed E-state index contributed by atoms with van der Waals surface area (Å²) in [5.74, 6) is 0. The van der Waals surface area contributed by atoms with Crippen molar-refractivity contribution < 1.29 is 11.3 Å².